The number of nitrogens with zero attached hydrogens (tertiary/aromatic N) is 2. The first-order valence-corrected chi connectivity index (χ1v) is 5.92. The zero-order valence-electron chi connectivity index (χ0n) is 8.69. The molecule has 0 aromatic carbocycles. The van der Waals surface area contributed by atoms with E-state index in [0.717, 1.165) is 0 Å². The van der Waals surface area contributed by atoms with Gasteiger partial charge in [0.25, 0.3) is 0 Å². The second kappa shape index (κ2) is 3.70. The Hall–Kier alpha value is -1.16. The Bertz CT molecular complexity index is 427. The lowest BCUT2D eigenvalue weighted by molar-refractivity contribution is -0.118. The smallest absolute Gasteiger partial charge is 0.229 e. The number of carbonyl (C=O) groups is 1. The molecular weight excluding hydrogens is 226 g/mol. The van der Waals surface area contributed by atoms with E-state index in [2.05, 4.69) is 15.3 Å². The second-order valence-corrected chi connectivity index (χ2v) is 4.89. The van der Waals surface area contributed by atoms with Crippen LogP contribution in [0, 0.1) is 17.8 Å². The molecule has 3 rings (SSSR count). The maximum atomic E-state index is 11.9. The number of rotatable bonds is 2. The van der Waals surface area contributed by atoms with Gasteiger partial charge in [0.2, 0.25) is 5.91 Å². The predicted molar refractivity (Wildman–Crippen MR) is 60.0 cm³/mol. The van der Waals surface area contributed by atoms with Gasteiger partial charge in [0.05, 0.1) is 12.4 Å². The summed E-state index contributed by atoms with van der Waals surface area (Å²) in [4.78, 5) is 19.7. The minimum Gasteiger partial charge on any atom is -0.309 e. The van der Waals surface area contributed by atoms with Crippen LogP contribution in [-0.2, 0) is 4.79 Å². The van der Waals surface area contributed by atoms with Crippen molar-refractivity contribution in [3.05, 3.63) is 17.5 Å². The summed E-state index contributed by atoms with van der Waals surface area (Å²) in [5, 5.41) is 3.08. The van der Waals surface area contributed by atoms with Crippen LogP contribution in [0.25, 0.3) is 0 Å². The van der Waals surface area contributed by atoms with E-state index in [1.165, 1.54) is 31.7 Å². The highest BCUT2D eigenvalue weighted by Crippen LogP contribution is 2.57. The Kier molecular flexibility index (Phi) is 2.32. The summed E-state index contributed by atoms with van der Waals surface area (Å²) in [5.74, 6) is 1.96. The Labute approximate surface area is 98.4 Å². The van der Waals surface area contributed by atoms with Gasteiger partial charge in [-0.3, -0.25) is 9.78 Å². The van der Waals surface area contributed by atoms with Crippen molar-refractivity contribution < 1.29 is 4.79 Å². The van der Waals surface area contributed by atoms with Crippen LogP contribution in [0.2, 0.25) is 5.15 Å². The minimum absolute atomic E-state index is 0.0752. The van der Waals surface area contributed by atoms with E-state index < -0.39 is 0 Å². The highest BCUT2D eigenvalue weighted by Gasteiger charge is 2.56. The van der Waals surface area contributed by atoms with E-state index in [-0.39, 0.29) is 11.8 Å². The zero-order valence-corrected chi connectivity index (χ0v) is 9.44. The first kappa shape index (κ1) is 10.0. The Morgan fingerprint density at radius 2 is 2.12 bits per heavy atom. The summed E-state index contributed by atoms with van der Waals surface area (Å²) >= 11 is 5.69. The number of halogens is 1. The Morgan fingerprint density at radius 1 is 1.38 bits per heavy atom. The number of fused-ring (bicyclic) bond motifs is 1. The largest absolute Gasteiger partial charge is 0.309 e. The number of hydrogen-bond donors (Lipinski definition) is 1. The lowest BCUT2D eigenvalue weighted by Crippen LogP contribution is -2.17. The lowest BCUT2D eigenvalue weighted by atomic mass is 10.1. The van der Waals surface area contributed by atoms with E-state index in [9.17, 15) is 4.79 Å². The van der Waals surface area contributed by atoms with Gasteiger partial charge in [-0.15, -0.1) is 0 Å². The molecule has 1 aromatic heterocycles. The molecule has 16 heavy (non-hydrogen) atoms. The standard InChI is InChI=1S/C11H12ClN3O/c12-8-4-13-5-9(14-8)15-11(16)10-6-2-1-3-7(6)10/h4-7,10H,1-3H2,(H,14,15,16). The summed E-state index contributed by atoms with van der Waals surface area (Å²) in [6.07, 6.45) is 6.63. The van der Waals surface area contributed by atoms with Crippen LogP contribution in [0.4, 0.5) is 5.82 Å². The fraction of sp³-hybridized carbons (Fsp3) is 0.545. The van der Waals surface area contributed by atoms with E-state index in [4.69, 9.17) is 11.6 Å². The number of aromatic nitrogens is 2. The van der Waals surface area contributed by atoms with Crippen molar-refractivity contribution in [3.8, 4) is 0 Å². The van der Waals surface area contributed by atoms with Crippen molar-refractivity contribution in [2.45, 2.75) is 19.3 Å². The molecule has 2 saturated carbocycles. The molecule has 1 amide bonds. The highest BCUT2D eigenvalue weighted by molar-refractivity contribution is 6.29. The lowest BCUT2D eigenvalue weighted by Gasteiger charge is -2.05. The van der Waals surface area contributed by atoms with Crippen molar-refractivity contribution in [1.82, 2.24) is 9.97 Å². The third kappa shape index (κ3) is 1.67. The maximum absolute atomic E-state index is 11.9. The van der Waals surface area contributed by atoms with Gasteiger partial charge in [0.1, 0.15) is 5.15 Å². The number of nitrogens with one attached hydrogen (secondary N) is 1. The summed E-state index contributed by atoms with van der Waals surface area (Å²) in [6, 6.07) is 0. The van der Waals surface area contributed by atoms with Crippen LogP contribution >= 0.6 is 11.6 Å². The molecule has 2 atom stereocenters. The topological polar surface area (TPSA) is 54.9 Å². The van der Waals surface area contributed by atoms with Crippen LogP contribution in [0.3, 0.4) is 0 Å². The molecule has 2 aliphatic carbocycles. The number of amides is 1. The van der Waals surface area contributed by atoms with Crippen molar-refractivity contribution in [3.63, 3.8) is 0 Å². The van der Waals surface area contributed by atoms with Crippen LogP contribution in [0.1, 0.15) is 19.3 Å². The molecule has 2 fully saturated rings. The van der Waals surface area contributed by atoms with Crippen LogP contribution in [-0.4, -0.2) is 15.9 Å². The molecule has 1 N–H and O–H groups in total. The van der Waals surface area contributed by atoms with E-state index >= 15 is 0 Å². The zero-order chi connectivity index (χ0) is 11.1. The monoisotopic (exact) mass is 237 g/mol. The number of carbonyl (C=O) groups excluding carboxylic acids is 1. The molecule has 0 aliphatic heterocycles. The molecule has 1 heterocycles. The van der Waals surface area contributed by atoms with Crippen molar-refractivity contribution in [2.75, 3.05) is 5.32 Å². The average molecular weight is 238 g/mol. The molecule has 4 nitrogen and oxygen atoms in total. The number of anilines is 1. The predicted octanol–water partition coefficient (Wildman–Crippen LogP) is 2.11. The fourth-order valence-corrected chi connectivity index (χ4v) is 2.97. The van der Waals surface area contributed by atoms with Crippen LogP contribution < -0.4 is 5.32 Å². The van der Waals surface area contributed by atoms with E-state index in [1.807, 2.05) is 0 Å². The first-order chi connectivity index (χ1) is 7.75. The third-order valence-corrected chi connectivity index (χ3v) is 3.75. The average Bonchev–Trinajstić information content (AvgIpc) is 2.73. The fourth-order valence-electron chi connectivity index (χ4n) is 2.82. The first-order valence-electron chi connectivity index (χ1n) is 5.54. The summed E-state index contributed by atoms with van der Waals surface area (Å²) < 4.78 is 0. The minimum atomic E-state index is 0.0752. The maximum Gasteiger partial charge on any atom is 0.229 e. The van der Waals surface area contributed by atoms with E-state index in [0.29, 0.717) is 22.8 Å². The summed E-state index contributed by atoms with van der Waals surface area (Å²) in [5.41, 5.74) is 0. The SMILES string of the molecule is O=C(Nc1cncc(Cl)n1)C1C2CCCC21. The second-order valence-electron chi connectivity index (χ2n) is 4.50. The Morgan fingerprint density at radius 3 is 2.81 bits per heavy atom. The Balaban J connectivity index is 1.65. The summed E-state index contributed by atoms with van der Waals surface area (Å²) in [7, 11) is 0. The van der Waals surface area contributed by atoms with Crippen molar-refractivity contribution in [2.24, 2.45) is 17.8 Å². The molecule has 1 aromatic rings. The van der Waals surface area contributed by atoms with Crippen LogP contribution in [0.5, 0.6) is 0 Å². The van der Waals surface area contributed by atoms with Gasteiger partial charge in [0.15, 0.2) is 5.82 Å². The molecule has 2 aliphatic rings. The summed E-state index contributed by atoms with van der Waals surface area (Å²) in [6.45, 7) is 0. The van der Waals surface area contributed by atoms with Crippen LogP contribution in [0.15, 0.2) is 12.4 Å². The molecular formula is C11H12ClN3O. The van der Waals surface area contributed by atoms with Gasteiger partial charge >= 0.3 is 0 Å². The molecule has 5 heteroatoms. The van der Waals surface area contributed by atoms with Crippen molar-refractivity contribution >= 4 is 23.3 Å². The van der Waals surface area contributed by atoms with Gasteiger partial charge in [-0.2, -0.15) is 0 Å². The molecule has 0 radical (unpaired) electrons. The normalized spacial score (nSPS) is 30.9. The molecule has 0 spiro atoms. The van der Waals surface area contributed by atoms with E-state index in [1.54, 1.807) is 0 Å². The third-order valence-electron chi connectivity index (χ3n) is 3.57. The molecule has 84 valence electrons. The number of hydrogen-bond acceptors (Lipinski definition) is 3. The van der Waals surface area contributed by atoms with Gasteiger partial charge in [-0.1, -0.05) is 18.0 Å². The van der Waals surface area contributed by atoms with Gasteiger partial charge in [-0.25, -0.2) is 4.98 Å². The van der Waals surface area contributed by atoms with Gasteiger partial charge < -0.3 is 5.32 Å². The molecule has 2 unspecified atom stereocenters. The van der Waals surface area contributed by atoms with Gasteiger partial charge in [0, 0.05) is 5.92 Å². The molecule has 0 saturated heterocycles. The van der Waals surface area contributed by atoms with Crippen molar-refractivity contribution in [1.29, 1.82) is 0 Å². The van der Waals surface area contributed by atoms with Gasteiger partial charge in [-0.05, 0) is 24.7 Å². The quantitative estimate of drug-likeness (QED) is 0.857. The molecule has 0 bridgehead atoms. The highest BCUT2D eigenvalue weighted by atomic mass is 35.5.